The maximum atomic E-state index is 13.6. The Morgan fingerprint density at radius 2 is 1.86 bits per heavy atom. The summed E-state index contributed by atoms with van der Waals surface area (Å²) >= 11 is 0. The second kappa shape index (κ2) is 10.1. The molecule has 2 aromatic heterocycles. The fraction of sp³-hybridized carbons (Fsp3) is 0.630. The largest absolute Gasteiger partial charge is 0.394 e. The molecule has 5 rings (SSSR count). The van der Waals surface area contributed by atoms with Crippen molar-refractivity contribution in [3.05, 3.63) is 29.5 Å². The molecule has 37 heavy (non-hydrogen) atoms. The first-order chi connectivity index (χ1) is 17.7. The van der Waals surface area contributed by atoms with Crippen molar-refractivity contribution in [2.45, 2.75) is 65.0 Å². The van der Waals surface area contributed by atoms with Crippen LogP contribution in [0, 0.1) is 12.3 Å². The molecule has 0 bridgehead atoms. The highest BCUT2D eigenvalue weighted by atomic mass is 16.5. The van der Waals surface area contributed by atoms with Gasteiger partial charge in [0.1, 0.15) is 17.5 Å². The van der Waals surface area contributed by atoms with E-state index in [4.69, 9.17) is 9.72 Å². The topological polar surface area (TPSA) is 116 Å². The number of carbonyl (C=O) groups excluding carboxylic acids is 1. The van der Waals surface area contributed by atoms with E-state index in [0.717, 1.165) is 31.6 Å². The molecule has 2 aliphatic heterocycles. The molecule has 10 nitrogen and oxygen atoms in total. The Labute approximate surface area is 218 Å². The minimum Gasteiger partial charge on any atom is -0.394 e. The summed E-state index contributed by atoms with van der Waals surface area (Å²) in [5.41, 5.74) is 1.28. The van der Waals surface area contributed by atoms with Crippen molar-refractivity contribution in [2.24, 2.45) is 5.41 Å². The molecule has 10 heteroatoms. The molecule has 1 spiro atoms. The molecule has 0 aromatic carbocycles. The third-order valence-electron chi connectivity index (χ3n) is 7.67. The highest BCUT2D eigenvalue weighted by molar-refractivity contribution is 6.07. The molecule has 3 fully saturated rings. The summed E-state index contributed by atoms with van der Waals surface area (Å²) in [6, 6.07) is 5.40. The van der Waals surface area contributed by atoms with Crippen molar-refractivity contribution in [3.63, 3.8) is 0 Å². The first-order valence-corrected chi connectivity index (χ1v) is 13.3. The van der Waals surface area contributed by atoms with Gasteiger partial charge in [-0.05, 0) is 70.9 Å². The number of aliphatic hydroxyl groups excluding tert-OH is 1. The molecular weight excluding hydrogens is 470 g/mol. The third-order valence-corrected chi connectivity index (χ3v) is 7.67. The number of nitrogens with one attached hydrogen (secondary N) is 2. The lowest BCUT2D eigenvalue weighted by molar-refractivity contribution is 0.0526. The molecule has 2 saturated heterocycles. The van der Waals surface area contributed by atoms with E-state index in [1.165, 1.54) is 12.8 Å². The van der Waals surface area contributed by atoms with Crippen LogP contribution in [0.5, 0.6) is 0 Å². The second-order valence-corrected chi connectivity index (χ2v) is 11.5. The van der Waals surface area contributed by atoms with Gasteiger partial charge in [0.15, 0.2) is 0 Å². The molecule has 3 aliphatic rings. The average molecular weight is 510 g/mol. The molecular formula is C27H39N7O3. The standard InChI is InChI=1S/C27H39N7O3/c1-18-15-22(31-25(28-18)34-13-14-37-19(2)16-34)30-24(36)20-5-6-21(32-26(3,4)17-35)29-23(20)33-11-9-27(7-8-27)10-12-33/h5-6,15,19,35H,7-14,16-17H2,1-4H3,(H,29,32)(H,28,30,31,36)/t19-/m1/s1. The van der Waals surface area contributed by atoms with E-state index in [0.29, 0.717) is 54.1 Å². The van der Waals surface area contributed by atoms with Crippen molar-refractivity contribution in [1.82, 2.24) is 15.0 Å². The molecule has 200 valence electrons. The summed E-state index contributed by atoms with van der Waals surface area (Å²) in [6.07, 6.45) is 4.98. The zero-order valence-electron chi connectivity index (χ0n) is 22.4. The molecule has 1 amide bonds. The van der Waals surface area contributed by atoms with Crippen molar-refractivity contribution in [1.29, 1.82) is 0 Å². The first-order valence-electron chi connectivity index (χ1n) is 13.3. The smallest absolute Gasteiger partial charge is 0.260 e. The zero-order chi connectivity index (χ0) is 26.2. The van der Waals surface area contributed by atoms with Crippen LogP contribution < -0.4 is 20.4 Å². The number of pyridine rings is 1. The molecule has 3 N–H and O–H groups in total. The number of rotatable bonds is 7. The average Bonchev–Trinajstić information content (AvgIpc) is 3.62. The van der Waals surface area contributed by atoms with Gasteiger partial charge in [0.25, 0.3) is 5.91 Å². The lowest BCUT2D eigenvalue weighted by Gasteiger charge is -2.34. The van der Waals surface area contributed by atoms with E-state index >= 15 is 0 Å². The van der Waals surface area contributed by atoms with Gasteiger partial charge in [0, 0.05) is 37.9 Å². The number of amides is 1. The Balaban J connectivity index is 1.40. The molecule has 1 saturated carbocycles. The number of hydrogen-bond acceptors (Lipinski definition) is 9. The van der Waals surface area contributed by atoms with Gasteiger partial charge in [-0.2, -0.15) is 4.98 Å². The van der Waals surface area contributed by atoms with Gasteiger partial charge in [-0.25, -0.2) is 9.97 Å². The Morgan fingerprint density at radius 3 is 2.54 bits per heavy atom. The number of morpholine rings is 1. The fourth-order valence-corrected chi connectivity index (χ4v) is 5.13. The van der Waals surface area contributed by atoms with Crippen molar-refractivity contribution >= 4 is 29.3 Å². The third kappa shape index (κ3) is 5.96. The quantitative estimate of drug-likeness (QED) is 0.517. The van der Waals surface area contributed by atoms with Crippen LogP contribution in [-0.4, -0.2) is 77.0 Å². The van der Waals surface area contributed by atoms with E-state index in [2.05, 4.69) is 30.4 Å². The molecule has 2 aromatic rings. The van der Waals surface area contributed by atoms with Crippen LogP contribution in [0.2, 0.25) is 0 Å². The number of piperidine rings is 1. The predicted octanol–water partition coefficient (Wildman–Crippen LogP) is 3.22. The highest BCUT2D eigenvalue weighted by Gasteiger charge is 2.45. The SMILES string of the molecule is Cc1cc(NC(=O)c2ccc(NC(C)(C)CO)nc2N2CCC3(CC2)CC3)nc(N2CCO[C@H](C)C2)n1. The molecule has 4 heterocycles. The van der Waals surface area contributed by atoms with Gasteiger partial charge in [0.05, 0.1) is 30.4 Å². The predicted molar refractivity (Wildman–Crippen MR) is 144 cm³/mol. The molecule has 1 atom stereocenters. The van der Waals surface area contributed by atoms with Crippen LogP contribution >= 0.6 is 0 Å². The van der Waals surface area contributed by atoms with E-state index < -0.39 is 5.54 Å². The molecule has 0 unspecified atom stereocenters. The van der Waals surface area contributed by atoms with Crippen molar-refractivity contribution in [3.8, 4) is 0 Å². The van der Waals surface area contributed by atoms with Crippen LogP contribution in [0.4, 0.5) is 23.4 Å². The van der Waals surface area contributed by atoms with Gasteiger partial charge in [-0.15, -0.1) is 0 Å². The Morgan fingerprint density at radius 1 is 1.11 bits per heavy atom. The normalized spacial score (nSPS) is 21.2. The Kier molecular flexibility index (Phi) is 6.97. The Hall–Kier alpha value is -2.98. The van der Waals surface area contributed by atoms with Gasteiger partial charge in [0.2, 0.25) is 5.95 Å². The van der Waals surface area contributed by atoms with Crippen LogP contribution in [0.25, 0.3) is 0 Å². The number of aromatic nitrogens is 3. The van der Waals surface area contributed by atoms with Gasteiger partial charge in [-0.3, -0.25) is 4.79 Å². The number of ether oxygens (including phenoxy) is 1. The van der Waals surface area contributed by atoms with Gasteiger partial charge in [-0.1, -0.05) is 0 Å². The number of hydrogen-bond donors (Lipinski definition) is 3. The summed E-state index contributed by atoms with van der Waals surface area (Å²) in [7, 11) is 0. The Bertz CT molecular complexity index is 1140. The van der Waals surface area contributed by atoms with Crippen molar-refractivity contribution in [2.75, 3.05) is 59.8 Å². The van der Waals surface area contributed by atoms with Crippen LogP contribution in [0.3, 0.4) is 0 Å². The monoisotopic (exact) mass is 509 g/mol. The van der Waals surface area contributed by atoms with Gasteiger partial charge < -0.3 is 30.3 Å². The highest BCUT2D eigenvalue weighted by Crippen LogP contribution is 2.54. The van der Waals surface area contributed by atoms with Gasteiger partial charge >= 0.3 is 0 Å². The molecule has 1 aliphatic carbocycles. The van der Waals surface area contributed by atoms with Crippen LogP contribution in [-0.2, 0) is 4.74 Å². The summed E-state index contributed by atoms with van der Waals surface area (Å²) in [6.45, 7) is 11.5. The zero-order valence-corrected chi connectivity index (χ0v) is 22.4. The number of carbonyl (C=O) groups is 1. The lowest BCUT2D eigenvalue weighted by Crippen LogP contribution is -2.42. The summed E-state index contributed by atoms with van der Waals surface area (Å²) in [4.78, 5) is 32.0. The number of aryl methyl sites for hydroxylation is 1. The maximum absolute atomic E-state index is 13.6. The minimum absolute atomic E-state index is 0.0319. The van der Waals surface area contributed by atoms with E-state index in [1.807, 2.05) is 33.8 Å². The molecule has 0 radical (unpaired) electrons. The number of aliphatic hydroxyl groups is 1. The van der Waals surface area contributed by atoms with E-state index in [9.17, 15) is 9.90 Å². The van der Waals surface area contributed by atoms with Crippen molar-refractivity contribution < 1.29 is 14.6 Å². The first kappa shape index (κ1) is 25.7. The van der Waals surface area contributed by atoms with Crippen LogP contribution in [0.1, 0.15) is 62.5 Å². The summed E-state index contributed by atoms with van der Waals surface area (Å²) in [5.74, 6) is 2.12. The minimum atomic E-state index is -0.528. The number of anilines is 4. The van der Waals surface area contributed by atoms with Crippen LogP contribution in [0.15, 0.2) is 18.2 Å². The summed E-state index contributed by atoms with van der Waals surface area (Å²) in [5, 5.41) is 16.0. The number of nitrogens with zero attached hydrogens (tertiary/aromatic N) is 5. The fourth-order valence-electron chi connectivity index (χ4n) is 5.13. The van der Waals surface area contributed by atoms with E-state index in [1.54, 1.807) is 12.1 Å². The van der Waals surface area contributed by atoms with E-state index in [-0.39, 0.29) is 18.6 Å². The lowest BCUT2D eigenvalue weighted by atomic mass is 9.93. The summed E-state index contributed by atoms with van der Waals surface area (Å²) < 4.78 is 5.65. The second-order valence-electron chi connectivity index (χ2n) is 11.5. The maximum Gasteiger partial charge on any atom is 0.260 e.